The van der Waals surface area contributed by atoms with Crippen LogP contribution in [0, 0.1) is 6.92 Å². The fourth-order valence-corrected chi connectivity index (χ4v) is 2.43. The Kier molecular flexibility index (Phi) is 3.26. The molecule has 98 valence electrons. The van der Waals surface area contributed by atoms with E-state index in [0.717, 1.165) is 30.9 Å². The number of rotatable bonds is 2. The van der Waals surface area contributed by atoms with Crippen molar-refractivity contribution in [3.05, 3.63) is 23.5 Å². The summed E-state index contributed by atoms with van der Waals surface area (Å²) in [5.41, 5.74) is 1.89. The second kappa shape index (κ2) is 4.57. The van der Waals surface area contributed by atoms with Gasteiger partial charge in [0.05, 0.1) is 0 Å². The lowest BCUT2D eigenvalue weighted by Crippen LogP contribution is -2.57. The van der Waals surface area contributed by atoms with Crippen LogP contribution < -0.4 is 10.2 Å². The molecule has 1 aliphatic rings. The molecule has 0 amide bonds. The van der Waals surface area contributed by atoms with Gasteiger partial charge in [0.25, 0.3) is 0 Å². The van der Waals surface area contributed by atoms with Crippen LogP contribution in [0.15, 0.2) is 12.3 Å². The largest absolute Gasteiger partial charge is 0.477 e. The Bertz CT molecular complexity index is 471. The lowest BCUT2D eigenvalue weighted by atomic mass is 10.0. The summed E-state index contributed by atoms with van der Waals surface area (Å²) in [6.07, 6.45) is 1.57. The zero-order chi connectivity index (χ0) is 13.3. The molecule has 0 radical (unpaired) electrons. The minimum absolute atomic E-state index is 0.0390. The molecule has 18 heavy (non-hydrogen) atoms. The molecular formula is C13H19N3O2. The van der Waals surface area contributed by atoms with Crippen molar-refractivity contribution in [3.63, 3.8) is 0 Å². The summed E-state index contributed by atoms with van der Waals surface area (Å²) in [6, 6.07) is 1.89. The van der Waals surface area contributed by atoms with Crippen molar-refractivity contribution in [2.45, 2.75) is 26.3 Å². The topological polar surface area (TPSA) is 65.5 Å². The van der Waals surface area contributed by atoms with Crippen LogP contribution in [-0.2, 0) is 0 Å². The molecule has 1 aliphatic heterocycles. The van der Waals surface area contributed by atoms with E-state index in [4.69, 9.17) is 5.11 Å². The molecule has 2 rings (SSSR count). The fourth-order valence-electron chi connectivity index (χ4n) is 2.43. The van der Waals surface area contributed by atoms with Crippen molar-refractivity contribution in [2.24, 2.45) is 0 Å². The molecule has 5 heteroatoms. The van der Waals surface area contributed by atoms with Crippen LogP contribution in [-0.4, -0.2) is 41.2 Å². The van der Waals surface area contributed by atoms with Gasteiger partial charge in [0.2, 0.25) is 0 Å². The minimum Gasteiger partial charge on any atom is -0.477 e. The summed E-state index contributed by atoms with van der Waals surface area (Å²) < 4.78 is 0. The summed E-state index contributed by atoms with van der Waals surface area (Å²) in [5.74, 6) is -0.969. The van der Waals surface area contributed by atoms with E-state index in [9.17, 15) is 4.79 Å². The van der Waals surface area contributed by atoms with Gasteiger partial charge in [-0.15, -0.1) is 0 Å². The van der Waals surface area contributed by atoms with Gasteiger partial charge in [-0.25, -0.2) is 9.78 Å². The third-order valence-electron chi connectivity index (χ3n) is 3.29. The Morgan fingerprint density at radius 2 is 2.28 bits per heavy atom. The molecule has 0 saturated carbocycles. The summed E-state index contributed by atoms with van der Waals surface area (Å²) in [7, 11) is 0. The van der Waals surface area contributed by atoms with E-state index in [1.54, 1.807) is 6.20 Å². The maximum atomic E-state index is 11.1. The molecule has 5 nitrogen and oxygen atoms in total. The Hall–Kier alpha value is -1.62. The number of carbonyl (C=O) groups is 1. The van der Waals surface area contributed by atoms with Crippen LogP contribution in [0.4, 0.5) is 5.69 Å². The zero-order valence-electron chi connectivity index (χ0n) is 11.0. The maximum absolute atomic E-state index is 11.1. The molecule has 1 aromatic rings. The summed E-state index contributed by atoms with van der Waals surface area (Å²) in [6.45, 7) is 8.75. The number of anilines is 1. The first-order valence-electron chi connectivity index (χ1n) is 6.09. The maximum Gasteiger partial charge on any atom is 0.354 e. The van der Waals surface area contributed by atoms with E-state index >= 15 is 0 Å². The lowest BCUT2D eigenvalue weighted by molar-refractivity contribution is 0.0689. The van der Waals surface area contributed by atoms with Crippen LogP contribution >= 0.6 is 0 Å². The summed E-state index contributed by atoms with van der Waals surface area (Å²) >= 11 is 0. The number of hydrogen-bond donors (Lipinski definition) is 2. The number of pyridine rings is 1. The third kappa shape index (κ3) is 2.46. The number of carboxylic acid groups (broad SMARTS) is 1. The van der Waals surface area contributed by atoms with Crippen LogP contribution in [0.5, 0.6) is 0 Å². The first kappa shape index (κ1) is 12.8. The highest BCUT2D eigenvalue weighted by atomic mass is 16.4. The van der Waals surface area contributed by atoms with Gasteiger partial charge < -0.3 is 15.3 Å². The molecule has 0 spiro atoms. The average Bonchev–Trinajstić information content (AvgIpc) is 2.27. The first-order valence-corrected chi connectivity index (χ1v) is 6.09. The van der Waals surface area contributed by atoms with E-state index in [1.165, 1.54) is 0 Å². The molecule has 2 heterocycles. The molecular weight excluding hydrogens is 230 g/mol. The fraction of sp³-hybridized carbons (Fsp3) is 0.538. The normalized spacial score (nSPS) is 18.7. The van der Waals surface area contributed by atoms with E-state index in [-0.39, 0.29) is 11.2 Å². The van der Waals surface area contributed by atoms with E-state index in [2.05, 4.69) is 29.0 Å². The van der Waals surface area contributed by atoms with E-state index in [1.807, 2.05) is 13.0 Å². The molecule has 0 unspecified atom stereocenters. The van der Waals surface area contributed by atoms with Gasteiger partial charge in [0, 0.05) is 42.6 Å². The number of aromatic carboxylic acids is 1. The van der Waals surface area contributed by atoms with Crippen molar-refractivity contribution >= 4 is 11.7 Å². The molecule has 2 N–H and O–H groups in total. The third-order valence-corrected chi connectivity index (χ3v) is 3.29. The standard InChI is InChI=1S/C13H19N3O2/c1-9-10(4-5-14-11(9)12(17)18)16-7-6-15-13(2,3)8-16/h4-5,15H,6-8H2,1-3H3,(H,17,18). The predicted molar refractivity (Wildman–Crippen MR) is 70.2 cm³/mol. The molecule has 0 aromatic carbocycles. The molecule has 0 atom stereocenters. The van der Waals surface area contributed by atoms with Crippen LogP contribution in [0.2, 0.25) is 0 Å². The van der Waals surface area contributed by atoms with Crippen LogP contribution in [0.3, 0.4) is 0 Å². The zero-order valence-corrected chi connectivity index (χ0v) is 11.0. The highest BCUT2D eigenvalue weighted by Gasteiger charge is 2.27. The average molecular weight is 249 g/mol. The van der Waals surface area contributed by atoms with Crippen molar-refractivity contribution in [1.29, 1.82) is 0 Å². The van der Waals surface area contributed by atoms with Gasteiger partial charge in [-0.3, -0.25) is 0 Å². The van der Waals surface area contributed by atoms with Crippen LogP contribution in [0.1, 0.15) is 29.9 Å². The van der Waals surface area contributed by atoms with Crippen molar-refractivity contribution in [2.75, 3.05) is 24.5 Å². The smallest absolute Gasteiger partial charge is 0.354 e. The second-order valence-electron chi connectivity index (χ2n) is 5.34. The van der Waals surface area contributed by atoms with E-state index in [0.29, 0.717) is 0 Å². The van der Waals surface area contributed by atoms with Crippen molar-refractivity contribution < 1.29 is 9.90 Å². The predicted octanol–water partition coefficient (Wildman–Crippen LogP) is 1.28. The molecule has 1 saturated heterocycles. The SMILES string of the molecule is Cc1c(N2CCNC(C)(C)C2)ccnc1C(=O)O. The Morgan fingerprint density at radius 1 is 1.56 bits per heavy atom. The second-order valence-corrected chi connectivity index (χ2v) is 5.34. The number of nitrogens with one attached hydrogen (secondary N) is 1. The number of nitrogens with zero attached hydrogens (tertiary/aromatic N) is 2. The van der Waals surface area contributed by atoms with Crippen molar-refractivity contribution in [1.82, 2.24) is 10.3 Å². The quantitative estimate of drug-likeness (QED) is 0.826. The molecule has 1 fully saturated rings. The highest BCUT2D eigenvalue weighted by Crippen LogP contribution is 2.24. The number of carboxylic acids is 1. The molecule has 0 aliphatic carbocycles. The van der Waals surface area contributed by atoms with Gasteiger partial charge in [-0.05, 0) is 26.8 Å². The van der Waals surface area contributed by atoms with Gasteiger partial charge in [0.15, 0.2) is 5.69 Å². The number of hydrogen-bond acceptors (Lipinski definition) is 4. The van der Waals surface area contributed by atoms with E-state index < -0.39 is 5.97 Å². The van der Waals surface area contributed by atoms with Gasteiger partial charge in [0.1, 0.15) is 0 Å². The summed E-state index contributed by atoms with van der Waals surface area (Å²) in [4.78, 5) is 17.2. The Morgan fingerprint density at radius 3 is 2.89 bits per heavy atom. The monoisotopic (exact) mass is 249 g/mol. The van der Waals surface area contributed by atoms with Gasteiger partial charge >= 0.3 is 5.97 Å². The minimum atomic E-state index is -0.969. The van der Waals surface area contributed by atoms with Gasteiger partial charge in [-0.1, -0.05) is 0 Å². The van der Waals surface area contributed by atoms with Gasteiger partial charge in [-0.2, -0.15) is 0 Å². The Labute approximate surface area is 107 Å². The summed E-state index contributed by atoms with van der Waals surface area (Å²) in [5, 5.41) is 12.5. The van der Waals surface area contributed by atoms with Crippen LogP contribution in [0.25, 0.3) is 0 Å². The molecule has 1 aromatic heterocycles. The van der Waals surface area contributed by atoms with Crippen molar-refractivity contribution in [3.8, 4) is 0 Å². The Balaban J connectivity index is 2.34. The molecule has 0 bridgehead atoms. The first-order chi connectivity index (χ1) is 8.41. The number of aromatic nitrogens is 1. The highest BCUT2D eigenvalue weighted by molar-refractivity contribution is 5.88. The number of piperazine rings is 1. The lowest BCUT2D eigenvalue weighted by Gasteiger charge is -2.41.